The molecule has 1 amide bonds. The van der Waals surface area contributed by atoms with Crippen LogP contribution in [-0.4, -0.2) is 53.6 Å². The first-order valence-corrected chi connectivity index (χ1v) is 9.54. The highest BCUT2D eigenvalue weighted by Crippen LogP contribution is 2.28. The number of phenols is 1. The Balaban J connectivity index is 1.89. The Hall–Kier alpha value is -2.01. The van der Waals surface area contributed by atoms with Crippen molar-refractivity contribution in [3.63, 3.8) is 0 Å². The van der Waals surface area contributed by atoms with Gasteiger partial charge in [-0.15, -0.1) is 0 Å². The van der Waals surface area contributed by atoms with Gasteiger partial charge in [-0.1, -0.05) is 18.2 Å². The predicted octanol–water partition coefficient (Wildman–Crippen LogP) is 3.43. The van der Waals surface area contributed by atoms with Crippen LogP contribution in [0.1, 0.15) is 39.2 Å². The molecule has 0 radical (unpaired) electrons. The van der Waals surface area contributed by atoms with E-state index >= 15 is 0 Å². The number of hydrogen-bond acceptors (Lipinski definition) is 4. The number of rotatable bonds is 8. The molecule has 0 aromatic heterocycles. The van der Waals surface area contributed by atoms with E-state index in [0.29, 0.717) is 18.9 Å². The fourth-order valence-electron chi connectivity index (χ4n) is 3.45. The van der Waals surface area contributed by atoms with Crippen molar-refractivity contribution in [3.8, 4) is 11.5 Å². The third-order valence-electron chi connectivity index (χ3n) is 4.82. The van der Waals surface area contributed by atoms with Gasteiger partial charge < -0.3 is 14.7 Å². The Labute approximate surface area is 157 Å². The highest BCUT2D eigenvalue weighted by Gasteiger charge is 2.28. The molecule has 0 aliphatic carbocycles. The van der Waals surface area contributed by atoms with Gasteiger partial charge in [-0.3, -0.25) is 9.69 Å². The van der Waals surface area contributed by atoms with Gasteiger partial charge in [0.05, 0.1) is 6.61 Å². The van der Waals surface area contributed by atoms with E-state index in [9.17, 15) is 9.90 Å². The number of ether oxygens (including phenoxy) is 1. The summed E-state index contributed by atoms with van der Waals surface area (Å²) in [6.07, 6.45) is 1.78. The predicted molar refractivity (Wildman–Crippen MR) is 104 cm³/mol. The third-order valence-corrected chi connectivity index (χ3v) is 4.82. The highest BCUT2D eigenvalue weighted by atomic mass is 16.5. The summed E-state index contributed by atoms with van der Waals surface area (Å²) in [5.74, 6) is 1.09. The molecule has 0 atom stereocenters. The molecule has 144 valence electrons. The number of phenolic OH excluding ortho intramolecular Hbond substituents is 1. The number of piperidine rings is 1. The molecular formula is C21H32N2O3. The molecular weight excluding hydrogens is 328 g/mol. The summed E-state index contributed by atoms with van der Waals surface area (Å²) in [5.41, 5.74) is 2.14. The molecule has 0 spiro atoms. The molecule has 5 heteroatoms. The Morgan fingerprint density at radius 1 is 1.35 bits per heavy atom. The lowest BCUT2D eigenvalue weighted by molar-refractivity contribution is -0.136. The van der Waals surface area contributed by atoms with Crippen LogP contribution in [-0.2, 0) is 11.3 Å². The summed E-state index contributed by atoms with van der Waals surface area (Å²) in [6.45, 7) is 14.4. The zero-order valence-electron chi connectivity index (χ0n) is 16.3. The fraction of sp³-hybridized carbons (Fsp3) is 0.571. The molecule has 1 aromatic rings. The highest BCUT2D eigenvalue weighted by molar-refractivity contribution is 5.79. The first-order valence-electron chi connectivity index (χ1n) is 9.54. The second-order valence-corrected chi connectivity index (χ2v) is 7.10. The molecule has 0 saturated carbocycles. The molecule has 1 heterocycles. The second kappa shape index (κ2) is 9.62. The number of nitrogens with zero attached hydrogens (tertiary/aromatic N) is 2. The minimum absolute atomic E-state index is 0.115. The van der Waals surface area contributed by atoms with Crippen LogP contribution in [0.3, 0.4) is 0 Å². The van der Waals surface area contributed by atoms with Crippen molar-refractivity contribution in [3.05, 3.63) is 35.9 Å². The lowest BCUT2D eigenvalue weighted by Crippen LogP contribution is -2.42. The number of carbonyl (C=O) groups is 1. The Bertz CT molecular complexity index is 622. The number of likely N-dealkylation sites (tertiary alicyclic amines) is 1. The van der Waals surface area contributed by atoms with Crippen LogP contribution in [0.5, 0.6) is 11.5 Å². The molecule has 1 aliphatic rings. The lowest BCUT2D eigenvalue weighted by Gasteiger charge is -2.34. The standard InChI is InChI=1S/C21H32N2O3/c1-5-23(14-16(3)4)21(25)18-9-11-22(12-10-18)15-17-7-8-19(24)20(13-17)26-6-2/h7-8,13,18,24H,3,5-6,9-12,14-15H2,1-2,4H3. The molecule has 0 unspecified atom stereocenters. The Morgan fingerprint density at radius 3 is 2.62 bits per heavy atom. The molecule has 1 aliphatic heterocycles. The Morgan fingerprint density at radius 2 is 2.04 bits per heavy atom. The van der Waals surface area contributed by atoms with Crippen molar-refractivity contribution in [2.24, 2.45) is 5.92 Å². The molecule has 5 nitrogen and oxygen atoms in total. The van der Waals surface area contributed by atoms with E-state index in [4.69, 9.17) is 4.74 Å². The molecule has 1 aromatic carbocycles. The molecule has 1 N–H and O–H groups in total. The SMILES string of the molecule is C=C(C)CN(CC)C(=O)C1CCN(Cc2ccc(O)c(OCC)c2)CC1. The van der Waals surface area contributed by atoms with Gasteiger partial charge >= 0.3 is 0 Å². The van der Waals surface area contributed by atoms with Crippen LogP contribution < -0.4 is 4.74 Å². The minimum atomic E-state index is 0.115. The number of benzene rings is 1. The summed E-state index contributed by atoms with van der Waals surface area (Å²) in [5, 5.41) is 9.82. The maximum absolute atomic E-state index is 12.7. The zero-order valence-corrected chi connectivity index (χ0v) is 16.3. The monoisotopic (exact) mass is 360 g/mol. The van der Waals surface area contributed by atoms with E-state index in [2.05, 4.69) is 11.5 Å². The van der Waals surface area contributed by atoms with Crippen molar-refractivity contribution in [1.29, 1.82) is 0 Å². The van der Waals surface area contributed by atoms with Crippen LogP contribution in [0.4, 0.5) is 0 Å². The van der Waals surface area contributed by atoms with Gasteiger partial charge in [0, 0.05) is 25.6 Å². The van der Waals surface area contributed by atoms with Crippen LogP contribution in [0.25, 0.3) is 0 Å². The normalized spacial score (nSPS) is 15.7. The van der Waals surface area contributed by atoms with Crippen LogP contribution in [0, 0.1) is 5.92 Å². The first kappa shape index (κ1) is 20.3. The zero-order chi connectivity index (χ0) is 19.1. The average molecular weight is 360 g/mol. The van der Waals surface area contributed by atoms with Crippen LogP contribution >= 0.6 is 0 Å². The third kappa shape index (κ3) is 5.49. The minimum Gasteiger partial charge on any atom is -0.504 e. The van der Waals surface area contributed by atoms with Gasteiger partial charge in [-0.05, 0) is 64.4 Å². The van der Waals surface area contributed by atoms with Gasteiger partial charge in [0.15, 0.2) is 11.5 Å². The first-order chi connectivity index (χ1) is 12.4. The molecule has 1 fully saturated rings. The van der Waals surface area contributed by atoms with E-state index in [-0.39, 0.29) is 17.6 Å². The molecule has 1 saturated heterocycles. The lowest BCUT2D eigenvalue weighted by atomic mass is 9.94. The van der Waals surface area contributed by atoms with E-state index in [1.165, 1.54) is 0 Å². The summed E-state index contributed by atoms with van der Waals surface area (Å²) in [6, 6.07) is 5.52. The Kier molecular flexibility index (Phi) is 7.51. The fourth-order valence-corrected chi connectivity index (χ4v) is 3.45. The summed E-state index contributed by atoms with van der Waals surface area (Å²) in [4.78, 5) is 17.0. The van der Waals surface area contributed by atoms with Crippen LogP contribution in [0.2, 0.25) is 0 Å². The summed E-state index contributed by atoms with van der Waals surface area (Å²) < 4.78 is 5.46. The van der Waals surface area contributed by atoms with E-state index in [1.807, 2.05) is 37.8 Å². The topological polar surface area (TPSA) is 53.0 Å². The van der Waals surface area contributed by atoms with Crippen molar-refractivity contribution in [2.75, 3.05) is 32.8 Å². The molecule has 0 bridgehead atoms. The summed E-state index contributed by atoms with van der Waals surface area (Å²) in [7, 11) is 0. The van der Waals surface area contributed by atoms with Gasteiger partial charge in [-0.2, -0.15) is 0 Å². The number of likely N-dealkylation sites (N-methyl/N-ethyl adjacent to an activating group) is 1. The number of amides is 1. The summed E-state index contributed by atoms with van der Waals surface area (Å²) >= 11 is 0. The van der Waals surface area contributed by atoms with Crippen molar-refractivity contribution < 1.29 is 14.6 Å². The van der Waals surface area contributed by atoms with Crippen molar-refractivity contribution >= 4 is 5.91 Å². The maximum atomic E-state index is 12.7. The van der Waals surface area contributed by atoms with Crippen molar-refractivity contribution in [2.45, 2.75) is 40.2 Å². The number of hydrogen-bond donors (Lipinski definition) is 1. The average Bonchev–Trinajstić information content (AvgIpc) is 2.62. The number of carbonyl (C=O) groups excluding carboxylic acids is 1. The van der Waals surface area contributed by atoms with Gasteiger partial charge in [0.25, 0.3) is 0 Å². The maximum Gasteiger partial charge on any atom is 0.226 e. The van der Waals surface area contributed by atoms with E-state index in [0.717, 1.165) is 50.2 Å². The van der Waals surface area contributed by atoms with Crippen molar-refractivity contribution in [1.82, 2.24) is 9.80 Å². The quantitative estimate of drug-likeness (QED) is 0.722. The number of aromatic hydroxyl groups is 1. The van der Waals surface area contributed by atoms with Gasteiger partial charge in [0.1, 0.15) is 0 Å². The smallest absolute Gasteiger partial charge is 0.226 e. The second-order valence-electron chi connectivity index (χ2n) is 7.10. The van der Waals surface area contributed by atoms with Crippen LogP contribution in [0.15, 0.2) is 30.4 Å². The van der Waals surface area contributed by atoms with Gasteiger partial charge in [-0.25, -0.2) is 0 Å². The van der Waals surface area contributed by atoms with Gasteiger partial charge in [0.2, 0.25) is 5.91 Å². The largest absolute Gasteiger partial charge is 0.504 e. The molecule has 26 heavy (non-hydrogen) atoms. The van der Waals surface area contributed by atoms with E-state index in [1.54, 1.807) is 6.07 Å². The van der Waals surface area contributed by atoms with E-state index < -0.39 is 0 Å². The molecule has 2 rings (SSSR count).